The number of nitrogens with zero attached hydrogens (tertiary/aromatic N) is 1. The fourth-order valence-corrected chi connectivity index (χ4v) is 2.40. The van der Waals surface area contributed by atoms with Crippen LogP contribution in [0.2, 0.25) is 0 Å². The second-order valence-corrected chi connectivity index (χ2v) is 6.66. The number of aromatic nitrogens is 1. The van der Waals surface area contributed by atoms with E-state index in [0.29, 0.717) is 5.41 Å². The van der Waals surface area contributed by atoms with Gasteiger partial charge in [0, 0.05) is 31.5 Å². The van der Waals surface area contributed by atoms with Gasteiger partial charge in [0.2, 0.25) is 0 Å². The summed E-state index contributed by atoms with van der Waals surface area (Å²) < 4.78 is 2.09. The molecule has 0 aliphatic rings. The van der Waals surface area contributed by atoms with Crippen LogP contribution in [0, 0.1) is 5.41 Å². The van der Waals surface area contributed by atoms with Gasteiger partial charge in [-0.2, -0.15) is 0 Å². The minimum atomic E-state index is 0.189. The zero-order valence-corrected chi connectivity index (χ0v) is 11.6. The van der Waals surface area contributed by atoms with Crippen molar-refractivity contribution in [3.8, 4) is 0 Å². The Labute approximate surface area is 100 Å². The minimum Gasteiger partial charge on any atom is -0.357 e. The summed E-state index contributed by atoms with van der Waals surface area (Å²) in [5, 5.41) is 3.63. The zero-order valence-electron chi connectivity index (χ0n) is 11.6. The van der Waals surface area contributed by atoms with E-state index >= 15 is 0 Å². The van der Waals surface area contributed by atoms with Gasteiger partial charge in [0.1, 0.15) is 0 Å². The lowest BCUT2D eigenvalue weighted by Gasteiger charge is -2.33. The second-order valence-electron chi connectivity index (χ2n) is 6.66. The molecular weight excluding hydrogens is 196 g/mol. The van der Waals surface area contributed by atoms with Crippen molar-refractivity contribution in [2.45, 2.75) is 53.1 Å². The first-order valence-corrected chi connectivity index (χ1v) is 6.04. The first-order valence-electron chi connectivity index (χ1n) is 6.04. The van der Waals surface area contributed by atoms with Crippen molar-refractivity contribution in [2.75, 3.05) is 0 Å². The molecule has 0 fully saturated rings. The second kappa shape index (κ2) is 4.62. The largest absolute Gasteiger partial charge is 0.357 e. The molecular formula is C14H26N2. The van der Waals surface area contributed by atoms with Crippen LogP contribution >= 0.6 is 0 Å². The molecule has 0 saturated carbocycles. The molecule has 1 aromatic rings. The number of hydrogen-bond donors (Lipinski definition) is 1. The number of hydrogen-bond acceptors (Lipinski definition) is 1. The summed E-state index contributed by atoms with van der Waals surface area (Å²) in [7, 11) is 2.06. The molecule has 16 heavy (non-hydrogen) atoms. The molecule has 0 spiro atoms. The van der Waals surface area contributed by atoms with E-state index in [1.807, 2.05) is 0 Å². The maximum atomic E-state index is 3.63. The Morgan fingerprint density at radius 2 is 1.81 bits per heavy atom. The van der Waals surface area contributed by atoms with Crippen LogP contribution in [0.25, 0.3) is 0 Å². The van der Waals surface area contributed by atoms with Crippen LogP contribution in [0.3, 0.4) is 0 Å². The molecule has 92 valence electrons. The van der Waals surface area contributed by atoms with Gasteiger partial charge >= 0.3 is 0 Å². The van der Waals surface area contributed by atoms with Gasteiger partial charge < -0.3 is 9.88 Å². The summed E-state index contributed by atoms with van der Waals surface area (Å²) in [6.07, 6.45) is 5.43. The van der Waals surface area contributed by atoms with Crippen LogP contribution in [0.15, 0.2) is 18.5 Å². The van der Waals surface area contributed by atoms with Gasteiger partial charge in [-0.05, 0) is 37.3 Å². The third kappa shape index (κ3) is 4.84. The molecule has 0 atom stereocenters. The lowest BCUT2D eigenvalue weighted by atomic mass is 9.82. The van der Waals surface area contributed by atoms with Gasteiger partial charge in [-0.25, -0.2) is 0 Å². The minimum absolute atomic E-state index is 0.189. The molecule has 0 bridgehead atoms. The monoisotopic (exact) mass is 222 g/mol. The average molecular weight is 222 g/mol. The van der Waals surface area contributed by atoms with Crippen molar-refractivity contribution in [1.82, 2.24) is 9.88 Å². The van der Waals surface area contributed by atoms with E-state index in [-0.39, 0.29) is 5.54 Å². The highest BCUT2D eigenvalue weighted by molar-refractivity contribution is 5.10. The Bertz CT molecular complexity index is 329. The molecule has 1 aromatic heterocycles. The Kier molecular flexibility index (Phi) is 3.84. The molecule has 0 saturated heterocycles. The van der Waals surface area contributed by atoms with Gasteiger partial charge in [-0.3, -0.25) is 0 Å². The summed E-state index contributed by atoms with van der Waals surface area (Å²) in [6.45, 7) is 12.4. The number of aryl methyl sites for hydroxylation is 1. The van der Waals surface area contributed by atoms with Crippen molar-refractivity contribution < 1.29 is 0 Å². The lowest BCUT2D eigenvalue weighted by molar-refractivity contribution is 0.241. The molecule has 1 N–H and O–H groups in total. The van der Waals surface area contributed by atoms with E-state index in [2.05, 4.69) is 70.0 Å². The van der Waals surface area contributed by atoms with Gasteiger partial charge in [-0.1, -0.05) is 20.8 Å². The topological polar surface area (TPSA) is 17.0 Å². The Morgan fingerprint density at radius 1 is 1.19 bits per heavy atom. The van der Waals surface area contributed by atoms with Crippen LogP contribution in [0.1, 0.15) is 46.6 Å². The predicted octanol–water partition coefficient (Wildman–Crippen LogP) is 3.33. The highest BCUT2D eigenvalue weighted by Gasteiger charge is 2.24. The van der Waals surface area contributed by atoms with Crippen molar-refractivity contribution in [2.24, 2.45) is 12.5 Å². The molecule has 0 radical (unpaired) electrons. The van der Waals surface area contributed by atoms with Crippen LogP contribution < -0.4 is 5.32 Å². The third-order valence-corrected chi connectivity index (χ3v) is 2.64. The fourth-order valence-electron chi connectivity index (χ4n) is 2.40. The van der Waals surface area contributed by atoms with Crippen molar-refractivity contribution in [3.05, 3.63) is 24.0 Å². The zero-order chi connectivity index (χ0) is 12.4. The first kappa shape index (κ1) is 13.3. The maximum Gasteiger partial charge on any atom is 0.0225 e. The molecule has 0 aromatic carbocycles. The van der Waals surface area contributed by atoms with E-state index in [0.717, 1.165) is 6.54 Å². The van der Waals surface area contributed by atoms with E-state index in [4.69, 9.17) is 0 Å². The van der Waals surface area contributed by atoms with Gasteiger partial charge in [0.15, 0.2) is 0 Å². The molecule has 0 unspecified atom stereocenters. The van der Waals surface area contributed by atoms with Crippen molar-refractivity contribution >= 4 is 0 Å². The van der Waals surface area contributed by atoms with E-state index < -0.39 is 0 Å². The van der Waals surface area contributed by atoms with Crippen LogP contribution in [0.4, 0.5) is 0 Å². The highest BCUT2D eigenvalue weighted by Crippen LogP contribution is 2.26. The van der Waals surface area contributed by atoms with Crippen LogP contribution in [-0.4, -0.2) is 10.1 Å². The van der Waals surface area contributed by atoms with Gasteiger partial charge in [0.05, 0.1) is 0 Å². The van der Waals surface area contributed by atoms with Crippen LogP contribution in [-0.2, 0) is 13.6 Å². The lowest BCUT2D eigenvalue weighted by Crippen LogP contribution is -2.41. The molecule has 1 rings (SSSR count). The number of nitrogens with one attached hydrogen (secondary N) is 1. The predicted molar refractivity (Wildman–Crippen MR) is 70.4 cm³/mol. The Balaban J connectivity index is 2.47. The normalized spacial score (nSPS) is 13.1. The molecule has 0 aliphatic heterocycles. The maximum absolute atomic E-state index is 3.63. The average Bonchev–Trinajstić information content (AvgIpc) is 2.44. The standard InChI is InChI=1S/C14H26N2/c1-13(2,3)11-14(4,5)15-9-12-7-8-16(6)10-12/h7-8,10,15H,9,11H2,1-6H3. The molecule has 0 amide bonds. The quantitative estimate of drug-likeness (QED) is 0.827. The van der Waals surface area contributed by atoms with Crippen molar-refractivity contribution in [1.29, 1.82) is 0 Å². The fraction of sp³-hybridized carbons (Fsp3) is 0.714. The first-order chi connectivity index (χ1) is 7.18. The van der Waals surface area contributed by atoms with Crippen LogP contribution in [0.5, 0.6) is 0 Å². The summed E-state index contributed by atoms with van der Waals surface area (Å²) in [5.74, 6) is 0. The van der Waals surface area contributed by atoms with E-state index in [9.17, 15) is 0 Å². The van der Waals surface area contributed by atoms with Crippen molar-refractivity contribution in [3.63, 3.8) is 0 Å². The Morgan fingerprint density at radius 3 is 2.25 bits per heavy atom. The van der Waals surface area contributed by atoms with Gasteiger partial charge in [0.25, 0.3) is 0 Å². The molecule has 0 aliphatic carbocycles. The molecule has 2 heteroatoms. The highest BCUT2D eigenvalue weighted by atomic mass is 15.0. The summed E-state index contributed by atoms with van der Waals surface area (Å²) in [4.78, 5) is 0. The van der Waals surface area contributed by atoms with E-state index in [1.54, 1.807) is 0 Å². The Hall–Kier alpha value is -0.760. The number of rotatable bonds is 4. The summed E-state index contributed by atoms with van der Waals surface area (Å²) in [5.41, 5.74) is 1.91. The van der Waals surface area contributed by atoms with Gasteiger partial charge in [-0.15, -0.1) is 0 Å². The smallest absolute Gasteiger partial charge is 0.0225 e. The summed E-state index contributed by atoms with van der Waals surface area (Å²) >= 11 is 0. The molecule has 2 nitrogen and oxygen atoms in total. The van der Waals surface area contributed by atoms with E-state index in [1.165, 1.54) is 12.0 Å². The summed E-state index contributed by atoms with van der Waals surface area (Å²) in [6, 6.07) is 2.17. The molecule has 1 heterocycles. The SMILES string of the molecule is Cn1ccc(CNC(C)(C)CC(C)(C)C)c1. The third-order valence-electron chi connectivity index (χ3n) is 2.64.